The minimum Gasteiger partial charge on any atom is -0.493 e. The van der Waals surface area contributed by atoms with Gasteiger partial charge in [0.2, 0.25) is 0 Å². The molecular weight excluding hydrogens is 324 g/mol. The van der Waals surface area contributed by atoms with Gasteiger partial charge in [0, 0.05) is 12.1 Å². The van der Waals surface area contributed by atoms with Crippen molar-refractivity contribution in [1.29, 1.82) is 0 Å². The third-order valence-corrected chi connectivity index (χ3v) is 3.83. The Hall–Kier alpha value is -3.22. The Morgan fingerprint density at radius 1 is 1.12 bits per heavy atom. The van der Waals surface area contributed by atoms with E-state index < -0.39 is 5.76 Å². The Kier molecular flexibility index (Phi) is 4.74. The minimum atomic E-state index is -0.478. The molecular formula is C18H18N2O5. The average molecular weight is 342 g/mol. The maximum absolute atomic E-state index is 12.2. The third-order valence-electron chi connectivity index (χ3n) is 3.83. The van der Waals surface area contributed by atoms with Gasteiger partial charge in [-0.1, -0.05) is 6.07 Å². The van der Waals surface area contributed by atoms with Crippen LogP contribution in [0, 0.1) is 0 Å². The molecule has 0 aliphatic heterocycles. The van der Waals surface area contributed by atoms with E-state index >= 15 is 0 Å². The van der Waals surface area contributed by atoms with Crippen LogP contribution < -0.4 is 20.5 Å². The molecule has 0 aliphatic carbocycles. The van der Waals surface area contributed by atoms with E-state index in [4.69, 9.17) is 13.9 Å². The van der Waals surface area contributed by atoms with Crippen molar-refractivity contribution < 1.29 is 18.7 Å². The SMILES string of the molecule is COc1ccc(C(=O)NCCc2ccc3[nH]c(=O)oc3c2)cc1OC. The van der Waals surface area contributed by atoms with Gasteiger partial charge in [-0.3, -0.25) is 9.78 Å². The molecule has 130 valence electrons. The van der Waals surface area contributed by atoms with E-state index in [9.17, 15) is 9.59 Å². The number of amides is 1. The molecule has 2 aromatic carbocycles. The number of aromatic amines is 1. The fourth-order valence-corrected chi connectivity index (χ4v) is 2.55. The van der Waals surface area contributed by atoms with Gasteiger partial charge in [-0.05, 0) is 42.3 Å². The van der Waals surface area contributed by atoms with Gasteiger partial charge < -0.3 is 19.2 Å². The Labute approximate surface area is 143 Å². The van der Waals surface area contributed by atoms with E-state index in [0.29, 0.717) is 41.1 Å². The van der Waals surface area contributed by atoms with E-state index in [1.807, 2.05) is 6.07 Å². The smallest absolute Gasteiger partial charge is 0.417 e. The normalized spacial score (nSPS) is 10.6. The number of hydrogen-bond donors (Lipinski definition) is 2. The molecule has 0 spiro atoms. The molecule has 0 unspecified atom stereocenters. The summed E-state index contributed by atoms with van der Waals surface area (Å²) in [5.41, 5.74) is 2.62. The van der Waals surface area contributed by atoms with Gasteiger partial charge in [-0.15, -0.1) is 0 Å². The van der Waals surface area contributed by atoms with Crippen LogP contribution in [0.25, 0.3) is 11.1 Å². The van der Waals surface area contributed by atoms with Crippen molar-refractivity contribution in [2.45, 2.75) is 6.42 Å². The van der Waals surface area contributed by atoms with Gasteiger partial charge in [0.25, 0.3) is 5.91 Å². The van der Waals surface area contributed by atoms with Crippen molar-refractivity contribution in [2.24, 2.45) is 0 Å². The summed E-state index contributed by atoms with van der Waals surface area (Å²) < 4.78 is 15.4. The summed E-state index contributed by atoms with van der Waals surface area (Å²) in [6.45, 7) is 0.452. The van der Waals surface area contributed by atoms with Crippen LogP contribution in [-0.4, -0.2) is 31.7 Å². The molecule has 3 rings (SSSR count). The molecule has 0 saturated carbocycles. The van der Waals surface area contributed by atoms with Crippen molar-refractivity contribution >= 4 is 17.0 Å². The number of oxazole rings is 1. The van der Waals surface area contributed by atoms with Crippen molar-refractivity contribution in [1.82, 2.24) is 10.3 Å². The molecule has 0 radical (unpaired) electrons. The van der Waals surface area contributed by atoms with Crippen LogP contribution in [-0.2, 0) is 6.42 Å². The number of ether oxygens (including phenoxy) is 2. The fraction of sp³-hybridized carbons (Fsp3) is 0.222. The molecule has 0 saturated heterocycles. The zero-order chi connectivity index (χ0) is 17.8. The summed E-state index contributed by atoms with van der Waals surface area (Å²) in [5, 5.41) is 2.85. The van der Waals surface area contributed by atoms with Crippen LogP contribution in [0.2, 0.25) is 0 Å². The molecule has 0 aliphatic rings. The largest absolute Gasteiger partial charge is 0.493 e. The van der Waals surface area contributed by atoms with E-state index in [2.05, 4.69) is 10.3 Å². The van der Waals surface area contributed by atoms with Crippen LogP contribution in [0.5, 0.6) is 11.5 Å². The lowest BCUT2D eigenvalue weighted by molar-refractivity contribution is 0.0953. The molecule has 7 nitrogen and oxygen atoms in total. The molecule has 2 N–H and O–H groups in total. The lowest BCUT2D eigenvalue weighted by Crippen LogP contribution is -2.25. The summed E-state index contributed by atoms with van der Waals surface area (Å²) in [5.74, 6) is 0.396. The molecule has 7 heteroatoms. The standard InChI is InChI=1S/C18H18N2O5/c1-23-14-6-4-12(10-16(14)24-2)17(21)19-8-7-11-3-5-13-15(9-11)25-18(22)20-13/h3-6,9-10H,7-8H2,1-2H3,(H,19,21)(H,20,22). The molecule has 0 atom stereocenters. The third kappa shape index (κ3) is 3.65. The Morgan fingerprint density at radius 2 is 1.92 bits per heavy atom. The summed E-state index contributed by atoms with van der Waals surface area (Å²) in [7, 11) is 3.07. The minimum absolute atomic E-state index is 0.199. The fourth-order valence-electron chi connectivity index (χ4n) is 2.55. The Bertz CT molecular complexity index is 957. The van der Waals surface area contributed by atoms with Crippen LogP contribution in [0.3, 0.4) is 0 Å². The molecule has 1 amide bonds. The molecule has 0 fully saturated rings. The second-order valence-corrected chi connectivity index (χ2v) is 5.42. The highest BCUT2D eigenvalue weighted by molar-refractivity contribution is 5.94. The first-order valence-electron chi connectivity index (χ1n) is 7.72. The van der Waals surface area contributed by atoms with Crippen LogP contribution in [0.4, 0.5) is 0 Å². The van der Waals surface area contributed by atoms with Crippen LogP contribution in [0.15, 0.2) is 45.6 Å². The highest BCUT2D eigenvalue weighted by atomic mass is 16.5. The number of benzene rings is 2. The van der Waals surface area contributed by atoms with E-state index in [1.54, 1.807) is 37.4 Å². The first kappa shape index (κ1) is 16.6. The van der Waals surface area contributed by atoms with Gasteiger partial charge in [-0.2, -0.15) is 0 Å². The number of nitrogens with one attached hydrogen (secondary N) is 2. The van der Waals surface area contributed by atoms with E-state index in [0.717, 1.165) is 5.56 Å². The topological polar surface area (TPSA) is 93.6 Å². The zero-order valence-electron chi connectivity index (χ0n) is 13.9. The number of fused-ring (bicyclic) bond motifs is 1. The number of aromatic nitrogens is 1. The number of rotatable bonds is 6. The zero-order valence-corrected chi connectivity index (χ0v) is 13.9. The number of hydrogen-bond acceptors (Lipinski definition) is 5. The predicted octanol–water partition coefficient (Wildman–Crippen LogP) is 2.11. The van der Waals surface area contributed by atoms with Gasteiger partial charge in [0.1, 0.15) is 0 Å². The van der Waals surface area contributed by atoms with Crippen molar-refractivity contribution in [3.63, 3.8) is 0 Å². The second kappa shape index (κ2) is 7.12. The Balaban J connectivity index is 1.62. The number of methoxy groups -OCH3 is 2. The van der Waals surface area contributed by atoms with Gasteiger partial charge >= 0.3 is 5.76 Å². The quantitative estimate of drug-likeness (QED) is 0.716. The first-order chi connectivity index (χ1) is 12.1. The van der Waals surface area contributed by atoms with Crippen LogP contribution >= 0.6 is 0 Å². The molecule has 0 bridgehead atoms. The molecule has 25 heavy (non-hydrogen) atoms. The van der Waals surface area contributed by atoms with Crippen molar-refractivity contribution in [2.75, 3.05) is 20.8 Å². The van der Waals surface area contributed by atoms with Crippen molar-refractivity contribution in [3.05, 3.63) is 58.1 Å². The molecule has 1 aromatic heterocycles. The summed E-state index contributed by atoms with van der Waals surface area (Å²) in [4.78, 5) is 26.0. The number of carbonyl (C=O) groups is 1. The lowest BCUT2D eigenvalue weighted by atomic mass is 10.1. The van der Waals surface area contributed by atoms with E-state index in [1.165, 1.54) is 7.11 Å². The molecule has 1 heterocycles. The van der Waals surface area contributed by atoms with Gasteiger partial charge in [0.15, 0.2) is 17.1 Å². The lowest BCUT2D eigenvalue weighted by Gasteiger charge is -2.10. The molecule has 3 aromatic rings. The number of carbonyl (C=O) groups excluding carboxylic acids is 1. The summed E-state index contributed by atoms with van der Waals surface area (Å²) >= 11 is 0. The maximum Gasteiger partial charge on any atom is 0.417 e. The average Bonchev–Trinajstić information content (AvgIpc) is 3.00. The maximum atomic E-state index is 12.2. The van der Waals surface area contributed by atoms with Crippen molar-refractivity contribution in [3.8, 4) is 11.5 Å². The number of H-pyrrole nitrogens is 1. The first-order valence-corrected chi connectivity index (χ1v) is 7.72. The summed E-state index contributed by atoms with van der Waals surface area (Å²) in [6, 6.07) is 10.5. The van der Waals surface area contributed by atoms with Crippen LogP contribution in [0.1, 0.15) is 15.9 Å². The monoisotopic (exact) mass is 342 g/mol. The second-order valence-electron chi connectivity index (χ2n) is 5.42. The highest BCUT2D eigenvalue weighted by Gasteiger charge is 2.10. The highest BCUT2D eigenvalue weighted by Crippen LogP contribution is 2.27. The Morgan fingerprint density at radius 3 is 2.68 bits per heavy atom. The van der Waals surface area contributed by atoms with Gasteiger partial charge in [-0.25, -0.2) is 4.79 Å². The van der Waals surface area contributed by atoms with E-state index in [-0.39, 0.29) is 5.91 Å². The predicted molar refractivity (Wildman–Crippen MR) is 92.4 cm³/mol. The van der Waals surface area contributed by atoms with Gasteiger partial charge in [0.05, 0.1) is 19.7 Å². The summed E-state index contributed by atoms with van der Waals surface area (Å²) in [6.07, 6.45) is 0.615.